The van der Waals surface area contributed by atoms with Gasteiger partial charge in [-0.05, 0) is 77.2 Å². The molecule has 3 heterocycles. The lowest BCUT2D eigenvalue weighted by Gasteiger charge is -2.50. The number of hydrogen-bond donors (Lipinski definition) is 1. The number of fused-ring (bicyclic) bond motifs is 4. The average molecular weight is 757 g/mol. The van der Waals surface area contributed by atoms with Crippen LogP contribution in [0, 0.1) is 5.92 Å². The molecule has 4 heteroatoms. The number of aliphatic imine (C=N–C) groups is 1. The summed E-state index contributed by atoms with van der Waals surface area (Å²) in [5, 5.41) is 3.95. The Hall–Kier alpha value is -6.13. The van der Waals surface area contributed by atoms with Crippen LogP contribution in [0.2, 0.25) is 0 Å². The van der Waals surface area contributed by atoms with Gasteiger partial charge in [0.15, 0.2) is 0 Å². The molecule has 3 aromatic rings. The second kappa shape index (κ2) is 14.4. The third-order valence-electron chi connectivity index (χ3n) is 13.3. The molecule has 1 N–H and O–H groups in total. The van der Waals surface area contributed by atoms with Crippen LogP contribution in [0.3, 0.4) is 0 Å². The van der Waals surface area contributed by atoms with E-state index in [4.69, 9.17) is 14.5 Å². The summed E-state index contributed by atoms with van der Waals surface area (Å²) in [6.45, 7) is 2.40. The van der Waals surface area contributed by atoms with Gasteiger partial charge in [-0.3, -0.25) is 4.99 Å². The highest BCUT2D eigenvalue weighted by Gasteiger charge is 2.52. The third kappa shape index (κ3) is 5.75. The van der Waals surface area contributed by atoms with E-state index in [-0.39, 0.29) is 18.4 Å². The number of ether oxygens (including phenoxy) is 2. The zero-order valence-corrected chi connectivity index (χ0v) is 33.0. The Kier molecular flexibility index (Phi) is 8.68. The molecule has 11 rings (SSSR count). The van der Waals surface area contributed by atoms with Crippen LogP contribution in [-0.2, 0) is 10.2 Å². The Morgan fingerprint density at radius 3 is 2.48 bits per heavy atom. The molecule has 0 radical (unpaired) electrons. The Morgan fingerprint density at radius 1 is 0.741 bits per heavy atom. The maximum absolute atomic E-state index is 6.82. The molecule has 0 spiro atoms. The van der Waals surface area contributed by atoms with Gasteiger partial charge in [0, 0.05) is 47.2 Å². The molecule has 0 amide bonds. The summed E-state index contributed by atoms with van der Waals surface area (Å²) in [6, 6.07) is 28.3. The number of nitrogens with one attached hydrogen (secondary N) is 1. The highest BCUT2D eigenvalue weighted by atomic mass is 16.5. The second-order valence-corrected chi connectivity index (χ2v) is 16.7. The van der Waals surface area contributed by atoms with E-state index in [1.807, 2.05) is 0 Å². The van der Waals surface area contributed by atoms with E-state index < -0.39 is 5.41 Å². The van der Waals surface area contributed by atoms with Crippen LogP contribution in [0.1, 0.15) is 80.3 Å². The van der Waals surface area contributed by atoms with Gasteiger partial charge >= 0.3 is 0 Å². The van der Waals surface area contributed by atoms with E-state index in [1.54, 1.807) is 0 Å². The first kappa shape index (κ1) is 35.1. The Balaban J connectivity index is 1.02. The SMILES string of the molecule is CC1CC=CC=C1C1(C2=CC(c3ccccc3C3N=C(c4ccccc4)C=C(C4=CC=C5C6=C(CCC=C6)OC5C4)N3)=CCC2)C2=CC=CCC2Oc2ccccc21. The maximum atomic E-state index is 6.82. The molecule has 8 aliphatic rings. The molecule has 0 aromatic heterocycles. The quantitative estimate of drug-likeness (QED) is 0.272. The number of nitrogens with zero attached hydrogens (tertiary/aromatic N) is 1. The van der Waals surface area contributed by atoms with E-state index in [9.17, 15) is 0 Å². The Bertz CT molecular complexity index is 2600. The molecule has 0 fully saturated rings. The topological polar surface area (TPSA) is 42.8 Å². The molecule has 5 aliphatic carbocycles. The molecule has 3 aliphatic heterocycles. The minimum absolute atomic E-state index is 0.00353. The van der Waals surface area contributed by atoms with Crippen molar-refractivity contribution in [2.45, 2.75) is 75.7 Å². The van der Waals surface area contributed by atoms with Crippen LogP contribution in [0.5, 0.6) is 5.75 Å². The number of benzene rings is 3. The van der Waals surface area contributed by atoms with E-state index >= 15 is 0 Å². The minimum Gasteiger partial charge on any atom is -0.489 e. The van der Waals surface area contributed by atoms with Crippen LogP contribution >= 0.6 is 0 Å². The van der Waals surface area contributed by atoms with Gasteiger partial charge in [0.2, 0.25) is 0 Å². The molecule has 5 atom stereocenters. The lowest BCUT2D eigenvalue weighted by molar-refractivity contribution is 0.158. The van der Waals surface area contributed by atoms with Gasteiger partial charge in [-0.15, -0.1) is 0 Å². The number of allylic oxidation sites excluding steroid dienone is 17. The van der Waals surface area contributed by atoms with Crippen LogP contribution in [-0.4, -0.2) is 17.9 Å². The van der Waals surface area contributed by atoms with Crippen molar-refractivity contribution >= 4 is 11.3 Å². The van der Waals surface area contributed by atoms with Crippen LogP contribution in [0.25, 0.3) is 5.57 Å². The van der Waals surface area contributed by atoms with Crippen molar-refractivity contribution in [3.8, 4) is 5.75 Å². The molecule has 0 saturated carbocycles. The van der Waals surface area contributed by atoms with Crippen molar-refractivity contribution in [1.29, 1.82) is 0 Å². The molecule has 4 nitrogen and oxygen atoms in total. The first-order chi connectivity index (χ1) is 28.6. The highest BCUT2D eigenvalue weighted by molar-refractivity contribution is 6.10. The summed E-state index contributed by atoms with van der Waals surface area (Å²) in [5.41, 5.74) is 15.8. The zero-order chi connectivity index (χ0) is 38.6. The number of hydrogen-bond acceptors (Lipinski definition) is 4. The molecule has 0 bridgehead atoms. The van der Waals surface area contributed by atoms with Crippen LogP contribution < -0.4 is 10.1 Å². The Labute approximate surface area is 342 Å². The van der Waals surface area contributed by atoms with Gasteiger partial charge in [-0.25, -0.2) is 0 Å². The van der Waals surface area contributed by atoms with Gasteiger partial charge in [0.25, 0.3) is 0 Å². The molecule has 3 aromatic carbocycles. The first-order valence-corrected chi connectivity index (χ1v) is 21.3. The summed E-state index contributed by atoms with van der Waals surface area (Å²) in [5.74, 6) is 2.54. The fourth-order valence-electron chi connectivity index (χ4n) is 10.6. The summed E-state index contributed by atoms with van der Waals surface area (Å²) in [6.07, 6.45) is 36.7. The fourth-order valence-corrected chi connectivity index (χ4v) is 10.6. The fraction of sp³-hybridized carbons (Fsp3) is 0.241. The van der Waals surface area contributed by atoms with Crippen molar-refractivity contribution in [3.05, 3.63) is 225 Å². The summed E-state index contributed by atoms with van der Waals surface area (Å²) >= 11 is 0. The molecule has 0 saturated heterocycles. The molecule has 5 unspecified atom stereocenters. The molecule has 58 heavy (non-hydrogen) atoms. The molecular weight excluding hydrogens is 709 g/mol. The predicted molar refractivity (Wildman–Crippen MR) is 235 cm³/mol. The minimum atomic E-state index is -0.396. The van der Waals surface area contributed by atoms with Gasteiger partial charge in [-0.1, -0.05) is 158 Å². The van der Waals surface area contributed by atoms with Gasteiger partial charge in [-0.2, -0.15) is 0 Å². The highest BCUT2D eigenvalue weighted by Crippen LogP contribution is 2.59. The monoisotopic (exact) mass is 756 g/mol. The number of para-hydroxylation sites is 1. The molecule has 286 valence electrons. The van der Waals surface area contributed by atoms with Gasteiger partial charge in [0.05, 0.1) is 11.1 Å². The van der Waals surface area contributed by atoms with E-state index in [1.165, 1.54) is 55.7 Å². The summed E-state index contributed by atoms with van der Waals surface area (Å²) < 4.78 is 13.4. The normalized spacial score (nSPS) is 27.9. The Morgan fingerprint density at radius 2 is 1.57 bits per heavy atom. The van der Waals surface area contributed by atoms with Crippen molar-refractivity contribution < 1.29 is 9.47 Å². The molecular formula is C54H48N2O2. The van der Waals surface area contributed by atoms with Crippen LogP contribution in [0.15, 0.2) is 208 Å². The smallest absolute Gasteiger partial charge is 0.146 e. The van der Waals surface area contributed by atoms with Crippen molar-refractivity contribution in [2.24, 2.45) is 10.9 Å². The third-order valence-corrected chi connectivity index (χ3v) is 13.3. The van der Waals surface area contributed by atoms with Crippen molar-refractivity contribution in [1.82, 2.24) is 5.32 Å². The zero-order valence-electron chi connectivity index (χ0n) is 33.0. The van der Waals surface area contributed by atoms with Gasteiger partial charge in [0.1, 0.15) is 29.9 Å². The summed E-state index contributed by atoms with van der Waals surface area (Å²) in [4.78, 5) is 5.48. The van der Waals surface area contributed by atoms with E-state index in [0.717, 1.165) is 73.4 Å². The van der Waals surface area contributed by atoms with E-state index in [2.05, 4.69) is 170 Å². The maximum Gasteiger partial charge on any atom is 0.146 e. The van der Waals surface area contributed by atoms with Crippen molar-refractivity contribution in [3.63, 3.8) is 0 Å². The second-order valence-electron chi connectivity index (χ2n) is 16.7. The predicted octanol–water partition coefficient (Wildman–Crippen LogP) is 12.1. The largest absolute Gasteiger partial charge is 0.489 e. The average Bonchev–Trinajstić information content (AvgIpc) is 3.67. The number of rotatable bonds is 6. The lowest BCUT2D eigenvalue weighted by atomic mass is 9.55. The first-order valence-electron chi connectivity index (χ1n) is 21.3. The van der Waals surface area contributed by atoms with Crippen molar-refractivity contribution in [2.75, 3.05) is 0 Å². The van der Waals surface area contributed by atoms with E-state index in [0.29, 0.717) is 5.92 Å². The van der Waals surface area contributed by atoms with Gasteiger partial charge < -0.3 is 14.8 Å². The lowest BCUT2D eigenvalue weighted by Crippen LogP contribution is -2.46. The standard InChI is InChI=1S/C54H48N2O2/c1-35-16-5-9-24-44(35)54(45-25-10-13-28-50(45)58-51-29-14-11-26-46(51)54)39-20-15-19-37(32-39)40-21-6-7-23-43(40)53-55-47(36-17-3-2-4-18-36)34-48(56-53)38-30-31-42-41-22-8-12-27-49(41)57-52(42)33-38/h2-11,13-14,17-19,21-26,28,30-32,34-35,51-53,56H,12,15-16,20,27,29,33H2,1H3. The summed E-state index contributed by atoms with van der Waals surface area (Å²) in [7, 11) is 0. The van der Waals surface area contributed by atoms with Crippen LogP contribution in [0.4, 0.5) is 0 Å².